The van der Waals surface area contributed by atoms with Gasteiger partial charge in [-0.15, -0.1) is 0 Å². The molecule has 0 aliphatic heterocycles. The average molecular weight is 544 g/mol. The summed E-state index contributed by atoms with van der Waals surface area (Å²) in [6.45, 7) is 3.51. The van der Waals surface area contributed by atoms with E-state index in [1.807, 2.05) is 0 Å². The Labute approximate surface area is 213 Å². The van der Waals surface area contributed by atoms with E-state index in [1.165, 1.54) is 24.5 Å². The van der Waals surface area contributed by atoms with Gasteiger partial charge in [0.1, 0.15) is 11.5 Å². The van der Waals surface area contributed by atoms with Crippen LogP contribution in [0.1, 0.15) is 13.8 Å². The van der Waals surface area contributed by atoms with Crippen molar-refractivity contribution in [1.29, 1.82) is 0 Å². The van der Waals surface area contributed by atoms with E-state index < -0.39 is 30.2 Å². The minimum atomic E-state index is -1.33. The maximum Gasteiger partial charge on any atom is 0.419 e. The number of carbonyl (C=O) groups is 4. The number of rotatable bonds is 5. The summed E-state index contributed by atoms with van der Waals surface area (Å²) in [4.78, 5) is 47.5. The first-order valence-electron chi connectivity index (χ1n) is 10.1. The molecule has 0 radical (unpaired) electrons. The standard InChI is InChI=1S/C19H17ClFN3O5.2CH3NO2/c1-3-27-18(25)23-17-16(12-7-8-22-10-15(12)29-17)24(19(26)28-4-2)11-5-6-14(21)13(20)9-11;2*2-1(3)4/h5-10H,3-4H2,1-2H3,(H,23,25);2*2H2,(H,3,4). The number of ether oxygens (including phenoxy) is 2. The number of hydrogen-bond donors (Lipinski definition) is 5. The van der Waals surface area contributed by atoms with Crippen LogP contribution < -0.4 is 21.7 Å². The minimum Gasteiger partial charge on any atom is -0.465 e. The molecular weight excluding hydrogens is 521 g/mol. The van der Waals surface area contributed by atoms with Gasteiger partial charge in [0.25, 0.3) is 0 Å². The lowest BCUT2D eigenvalue weighted by molar-refractivity contribution is 0.162. The molecular formula is C21H23ClFN5O9. The summed E-state index contributed by atoms with van der Waals surface area (Å²) in [7, 11) is 0. The van der Waals surface area contributed by atoms with E-state index in [9.17, 15) is 14.0 Å². The van der Waals surface area contributed by atoms with Crippen LogP contribution in [-0.2, 0) is 9.47 Å². The number of anilines is 3. The van der Waals surface area contributed by atoms with Crippen molar-refractivity contribution >= 4 is 64.2 Å². The van der Waals surface area contributed by atoms with Crippen LogP contribution in [0.5, 0.6) is 0 Å². The molecule has 0 spiro atoms. The molecule has 3 rings (SSSR count). The molecule has 3 aromatic rings. The molecule has 0 atom stereocenters. The van der Waals surface area contributed by atoms with E-state index >= 15 is 0 Å². The van der Waals surface area contributed by atoms with E-state index in [0.717, 1.165) is 11.0 Å². The smallest absolute Gasteiger partial charge is 0.419 e. The SMILES string of the molecule is CCOC(=O)Nc1oc2cnccc2c1N(C(=O)OCC)c1ccc(F)c(Cl)c1.NC(=O)O.NC(=O)O. The van der Waals surface area contributed by atoms with Gasteiger partial charge in [-0.05, 0) is 38.1 Å². The number of amides is 4. The molecule has 4 amide bonds. The minimum absolute atomic E-state index is 0.0695. The van der Waals surface area contributed by atoms with E-state index in [0.29, 0.717) is 11.0 Å². The molecule has 0 fully saturated rings. The molecule has 14 nitrogen and oxygen atoms in total. The monoisotopic (exact) mass is 543 g/mol. The van der Waals surface area contributed by atoms with Gasteiger partial charge in [0.15, 0.2) is 5.58 Å². The van der Waals surface area contributed by atoms with Gasteiger partial charge in [-0.1, -0.05) is 11.6 Å². The number of fused-ring (bicyclic) bond motifs is 1. The molecule has 0 saturated heterocycles. The number of carboxylic acid groups (broad SMARTS) is 2. The van der Waals surface area contributed by atoms with E-state index in [4.69, 9.17) is 45.3 Å². The number of pyridine rings is 1. The van der Waals surface area contributed by atoms with Crippen molar-refractivity contribution in [3.8, 4) is 0 Å². The van der Waals surface area contributed by atoms with Gasteiger partial charge < -0.3 is 35.6 Å². The molecule has 16 heteroatoms. The molecule has 7 N–H and O–H groups in total. The Kier molecular flexibility index (Phi) is 11.9. The molecule has 0 unspecified atom stereocenters. The third kappa shape index (κ3) is 9.41. The zero-order chi connectivity index (χ0) is 28.1. The van der Waals surface area contributed by atoms with Crippen LogP contribution in [0.3, 0.4) is 0 Å². The first-order chi connectivity index (χ1) is 17.4. The maximum atomic E-state index is 13.7. The third-order valence-corrected chi connectivity index (χ3v) is 4.08. The summed E-state index contributed by atoms with van der Waals surface area (Å²) in [5.74, 6) is -0.717. The van der Waals surface area contributed by atoms with Crippen molar-refractivity contribution in [2.24, 2.45) is 11.5 Å². The fraction of sp³-hybridized carbons (Fsp3) is 0.190. The zero-order valence-electron chi connectivity index (χ0n) is 19.4. The molecule has 0 aliphatic carbocycles. The highest BCUT2D eigenvalue weighted by Crippen LogP contribution is 2.42. The van der Waals surface area contributed by atoms with Crippen LogP contribution in [0.25, 0.3) is 11.0 Å². The number of hydrogen-bond acceptors (Lipinski definition) is 8. The van der Waals surface area contributed by atoms with Gasteiger partial charge >= 0.3 is 24.4 Å². The highest BCUT2D eigenvalue weighted by atomic mass is 35.5. The van der Waals surface area contributed by atoms with Crippen molar-refractivity contribution in [1.82, 2.24) is 4.98 Å². The lowest BCUT2D eigenvalue weighted by Gasteiger charge is -2.22. The lowest BCUT2D eigenvalue weighted by atomic mass is 10.2. The Morgan fingerprint density at radius 3 is 2.24 bits per heavy atom. The number of benzene rings is 1. The second-order valence-corrected chi connectivity index (χ2v) is 6.71. The van der Waals surface area contributed by atoms with Crippen LogP contribution in [0.2, 0.25) is 5.02 Å². The predicted molar refractivity (Wildman–Crippen MR) is 130 cm³/mol. The van der Waals surface area contributed by atoms with Gasteiger partial charge in [-0.3, -0.25) is 10.3 Å². The Hall–Kier alpha value is -4.79. The summed E-state index contributed by atoms with van der Waals surface area (Å²) in [5, 5.41) is 17.1. The second-order valence-electron chi connectivity index (χ2n) is 6.31. The molecule has 0 aliphatic rings. The topological polar surface area (TPSA) is 221 Å². The quantitative estimate of drug-likeness (QED) is 0.297. The highest BCUT2D eigenvalue weighted by molar-refractivity contribution is 6.31. The molecule has 0 bridgehead atoms. The van der Waals surface area contributed by atoms with Crippen LogP contribution in [0.15, 0.2) is 41.1 Å². The molecule has 2 heterocycles. The summed E-state index contributed by atoms with van der Waals surface area (Å²) < 4.78 is 29.4. The normalized spacial score (nSPS) is 9.62. The third-order valence-electron chi connectivity index (χ3n) is 3.79. The zero-order valence-corrected chi connectivity index (χ0v) is 20.2. The van der Waals surface area contributed by atoms with Gasteiger partial charge in [-0.2, -0.15) is 0 Å². The van der Waals surface area contributed by atoms with Crippen LogP contribution in [0, 0.1) is 5.82 Å². The fourth-order valence-corrected chi connectivity index (χ4v) is 2.82. The van der Waals surface area contributed by atoms with Crippen molar-refractivity contribution < 1.29 is 47.7 Å². The Morgan fingerprint density at radius 2 is 1.70 bits per heavy atom. The van der Waals surface area contributed by atoms with Crippen LogP contribution in [0.4, 0.5) is 40.8 Å². The first kappa shape index (κ1) is 30.2. The number of nitrogens with one attached hydrogen (secondary N) is 1. The Balaban J connectivity index is 0.000000751. The lowest BCUT2D eigenvalue weighted by Crippen LogP contribution is -2.28. The van der Waals surface area contributed by atoms with Gasteiger partial charge in [0, 0.05) is 6.20 Å². The number of nitrogens with zero attached hydrogens (tertiary/aromatic N) is 2. The summed E-state index contributed by atoms with van der Waals surface area (Å²) in [6.07, 6.45) is -1.30. The number of halogens is 2. The number of furan rings is 1. The van der Waals surface area contributed by atoms with E-state index in [-0.39, 0.29) is 35.5 Å². The van der Waals surface area contributed by atoms with Crippen LogP contribution in [-0.4, -0.2) is 52.8 Å². The first-order valence-corrected chi connectivity index (χ1v) is 10.5. The fourth-order valence-electron chi connectivity index (χ4n) is 2.64. The number of nitrogens with two attached hydrogens (primary N) is 2. The van der Waals surface area contributed by atoms with Crippen molar-refractivity contribution in [3.05, 3.63) is 47.5 Å². The van der Waals surface area contributed by atoms with Crippen molar-refractivity contribution in [3.63, 3.8) is 0 Å². The average Bonchev–Trinajstić information content (AvgIpc) is 3.13. The number of aromatic nitrogens is 1. The molecule has 2 aromatic heterocycles. The number of carbonyl (C=O) groups excluding carboxylic acids is 2. The van der Waals surface area contributed by atoms with Crippen LogP contribution >= 0.6 is 11.6 Å². The molecule has 1 aromatic carbocycles. The summed E-state index contributed by atoms with van der Waals surface area (Å²) in [6, 6.07) is 5.34. The Bertz CT molecular complexity index is 1230. The highest BCUT2D eigenvalue weighted by Gasteiger charge is 2.29. The van der Waals surface area contributed by atoms with Crippen molar-refractivity contribution in [2.45, 2.75) is 13.8 Å². The second kappa shape index (κ2) is 14.6. The predicted octanol–water partition coefficient (Wildman–Crippen LogP) is 4.73. The summed E-state index contributed by atoms with van der Waals surface area (Å²) >= 11 is 5.91. The van der Waals surface area contributed by atoms with Crippen molar-refractivity contribution in [2.75, 3.05) is 23.4 Å². The largest absolute Gasteiger partial charge is 0.465 e. The number of primary amides is 2. The Morgan fingerprint density at radius 1 is 1.11 bits per heavy atom. The van der Waals surface area contributed by atoms with Gasteiger partial charge in [-0.25, -0.2) is 28.5 Å². The molecule has 200 valence electrons. The molecule has 0 saturated carbocycles. The summed E-state index contributed by atoms with van der Waals surface area (Å²) in [5.41, 5.74) is 8.73. The molecule has 37 heavy (non-hydrogen) atoms. The maximum absolute atomic E-state index is 13.7. The van der Waals surface area contributed by atoms with E-state index in [1.54, 1.807) is 19.9 Å². The van der Waals surface area contributed by atoms with E-state index in [2.05, 4.69) is 21.8 Å². The van der Waals surface area contributed by atoms with Gasteiger partial charge in [0.05, 0.1) is 35.5 Å². The van der Waals surface area contributed by atoms with Gasteiger partial charge in [0.2, 0.25) is 5.88 Å².